The van der Waals surface area contributed by atoms with E-state index in [-0.39, 0.29) is 18.9 Å². The van der Waals surface area contributed by atoms with E-state index in [2.05, 4.69) is 20.7 Å². The van der Waals surface area contributed by atoms with E-state index in [0.717, 1.165) is 10.2 Å². The van der Waals surface area contributed by atoms with Crippen molar-refractivity contribution >= 4 is 39.5 Å². The zero-order valence-corrected chi connectivity index (χ0v) is 15.6. The van der Waals surface area contributed by atoms with Crippen molar-refractivity contribution in [2.45, 2.75) is 6.42 Å². The van der Waals surface area contributed by atoms with Crippen LogP contribution in [0, 0.1) is 5.92 Å². The summed E-state index contributed by atoms with van der Waals surface area (Å²) in [6.07, 6.45) is 0.106. The number of halogens is 1. The predicted molar refractivity (Wildman–Crippen MR) is 98.0 cm³/mol. The van der Waals surface area contributed by atoms with E-state index in [1.54, 1.807) is 4.90 Å². The molecule has 26 heavy (non-hydrogen) atoms. The highest BCUT2D eigenvalue weighted by Gasteiger charge is 2.36. The largest absolute Gasteiger partial charge is 0.465 e. The van der Waals surface area contributed by atoms with Gasteiger partial charge in [-0.05, 0) is 48.5 Å². The van der Waals surface area contributed by atoms with Crippen LogP contribution in [0.1, 0.15) is 16.8 Å². The molecule has 0 aromatic heterocycles. The maximum atomic E-state index is 12.4. The summed E-state index contributed by atoms with van der Waals surface area (Å²) in [5.74, 6) is -1.27. The van der Waals surface area contributed by atoms with Gasteiger partial charge in [0.15, 0.2) is 0 Å². The quantitative estimate of drug-likeness (QED) is 0.564. The first-order valence-corrected chi connectivity index (χ1v) is 8.73. The fourth-order valence-corrected chi connectivity index (χ4v) is 2.98. The minimum absolute atomic E-state index is 0.106. The number of carbonyl (C=O) groups excluding carboxylic acids is 3. The van der Waals surface area contributed by atoms with E-state index in [1.807, 2.05) is 24.3 Å². The molecule has 0 aliphatic carbocycles. The Balaban J connectivity index is 1.64. The molecular formula is C19H16BrNO5. The molecule has 0 radical (unpaired) electrons. The van der Waals surface area contributed by atoms with Crippen LogP contribution in [0.4, 0.5) is 5.69 Å². The van der Waals surface area contributed by atoms with Crippen molar-refractivity contribution < 1.29 is 23.9 Å². The molecule has 1 atom stereocenters. The van der Waals surface area contributed by atoms with Gasteiger partial charge < -0.3 is 14.4 Å². The fourth-order valence-electron chi connectivity index (χ4n) is 2.71. The lowest BCUT2D eigenvalue weighted by molar-refractivity contribution is -0.139. The summed E-state index contributed by atoms with van der Waals surface area (Å²) in [5.41, 5.74) is 1.11. The molecule has 2 aromatic carbocycles. The van der Waals surface area contributed by atoms with E-state index in [0.29, 0.717) is 11.3 Å². The first-order valence-electron chi connectivity index (χ1n) is 7.94. The molecule has 0 N–H and O–H groups in total. The Hall–Kier alpha value is -2.67. The van der Waals surface area contributed by atoms with Gasteiger partial charge in [-0.2, -0.15) is 0 Å². The van der Waals surface area contributed by atoms with Crippen LogP contribution in [-0.4, -0.2) is 31.5 Å². The minimum Gasteiger partial charge on any atom is -0.465 e. The van der Waals surface area contributed by atoms with Crippen LogP contribution in [0.15, 0.2) is 53.0 Å². The second-order valence-electron chi connectivity index (χ2n) is 5.82. The van der Waals surface area contributed by atoms with Crippen molar-refractivity contribution in [1.29, 1.82) is 0 Å². The second kappa shape index (κ2) is 7.70. The summed E-state index contributed by atoms with van der Waals surface area (Å²) in [4.78, 5) is 37.6. The number of benzene rings is 2. The van der Waals surface area contributed by atoms with E-state index in [4.69, 9.17) is 4.74 Å². The SMILES string of the molecule is COC(=O)c1ccc(OC(=O)[C@H]2CC(=O)N(c3ccc(Br)cc3)C2)cc1. The third-order valence-corrected chi connectivity index (χ3v) is 4.62. The number of anilines is 1. The van der Waals surface area contributed by atoms with Crippen molar-refractivity contribution in [3.63, 3.8) is 0 Å². The molecule has 1 saturated heterocycles. The average Bonchev–Trinajstić information content (AvgIpc) is 3.04. The number of carbonyl (C=O) groups is 3. The number of methoxy groups -OCH3 is 1. The molecule has 134 valence electrons. The van der Waals surface area contributed by atoms with E-state index in [1.165, 1.54) is 31.4 Å². The molecule has 0 unspecified atom stereocenters. The average molecular weight is 418 g/mol. The van der Waals surface area contributed by atoms with Crippen LogP contribution >= 0.6 is 15.9 Å². The van der Waals surface area contributed by atoms with Crippen LogP contribution in [-0.2, 0) is 14.3 Å². The first-order chi connectivity index (χ1) is 12.5. The Bertz CT molecular complexity index is 832. The van der Waals surface area contributed by atoms with Gasteiger partial charge in [-0.1, -0.05) is 15.9 Å². The van der Waals surface area contributed by atoms with Crippen LogP contribution in [0.25, 0.3) is 0 Å². The van der Waals surface area contributed by atoms with Crippen molar-refractivity contribution in [1.82, 2.24) is 0 Å². The normalized spacial score (nSPS) is 16.5. The molecule has 0 bridgehead atoms. The maximum absolute atomic E-state index is 12.4. The molecule has 1 heterocycles. The van der Waals surface area contributed by atoms with E-state index >= 15 is 0 Å². The summed E-state index contributed by atoms with van der Waals surface area (Å²) >= 11 is 3.35. The maximum Gasteiger partial charge on any atom is 0.337 e. The molecule has 0 saturated carbocycles. The van der Waals surface area contributed by atoms with Gasteiger partial charge in [-0.3, -0.25) is 9.59 Å². The van der Waals surface area contributed by atoms with Gasteiger partial charge in [0.1, 0.15) is 5.75 Å². The molecule has 1 aliphatic rings. The van der Waals surface area contributed by atoms with Crippen molar-refractivity contribution in [3.05, 3.63) is 58.6 Å². The molecule has 0 spiro atoms. The Morgan fingerprint density at radius 2 is 1.73 bits per heavy atom. The van der Waals surface area contributed by atoms with Gasteiger partial charge in [0.2, 0.25) is 5.91 Å². The Morgan fingerprint density at radius 3 is 2.35 bits per heavy atom. The third-order valence-electron chi connectivity index (χ3n) is 4.09. The summed E-state index contributed by atoms with van der Waals surface area (Å²) in [5, 5.41) is 0. The van der Waals surface area contributed by atoms with Crippen molar-refractivity contribution in [2.75, 3.05) is 18.6 Å². The van der Waals surface area contributed by atoms with Crippen LogP contribution in [0.3, 0.4) is 0 Å². The van der Waals surface area contributed by atoms with Gasteiger partial charge in [0.05, 0.1) is 18.6 Å². The highest BCUT2D eigenvalue weighted by molar-refractivity contribution is 9.10. The number of hydrogen-bond acceptors (Lipinski definition) is 5. The topological polar surface area (TPSA) is 72.9 Å². The standard InChI is InChI=1S/C19H16BrNO5/c1-25-18(23)12-2-8-16(9-3-12)26-19(24)13-10-17(22)21(11-13)15-6-4-14(20)5-7-15/h2-9,13H,10-11H2,1H3/t13-/m0/s1. The molecule has 7 heteroatoms. The molecule has 1 amide bonds. The van der Waals surface area contributed by atoms with Crippen molar-refractivity contribution in [3.8, 4) is 5.75 Å². The lowest BCUT2D eigenvalue weighted by atomic mass is 10.1. The zero-order valence-electron chi connectivity index (χ0n) is 14.0. The predicted octanol–water partition coefficient (Wildman–Crippen LogP) is 3.19. The molecule has 1 aliphatic heterocycles. The molecule has 3 rings (SSSR count). The number of amides is 1. The summed E-state index contributed by atoms with van der Waals surface area (Å²) in [6.45, 7) is 0.277. The minimum atomic E-state index is -0.536. The highest BCUT2D eigenvalue weighted by atomic mass is 79.9. The number of ether oxygens (including phenoxy) is 2. The van der Waals surface area contributed by atoms with Gasteiger partial charge >= 0.3 is 11.9 Å². The van der Waals surface area contributed by atoms with E-state index in [9.17, 15) is 14.4 Å². The molecule has 6 nitrogen and oxygen atoms in total. The summed E-state index contributed by atoms with van der Waals surface area (Å²) < 4.78 is 10.9. The van der Waals surface area contributed by atoms with Gasteiger partial charge in [-0.25, -0.2) is 4.79 Å². The smallest absolute Gasteiger partial charge is 0.337 e. The summed E-state index contributed by atoms with van der Waals surface area (Å²) in [6, 6.07) is 13.4. The van der Waals surface area contributed by atoms with Crippen LogP contribution < -0.4 is 9.64 Å². The lowest BCUT2D eigenvalue weighted by Gasteiger charge is -2.16. The van der Waals surface area contributed by atoms with Gasteiger partial charge in [0.25, 0.3) is 0 Å². The summed E-state index contributed by atoms with van der Waals surface area (Å²) in [7, 11) is 1.30. The highest BCUT2D eigenvalue weighted by Crippen LogP contribution is 2.27. The number of rotatable bonds is 4. The number of esters is 2. The molecular weight excluding hydrogens is 402 g/mol. The molecule has 1 fully saturated rings. The Kier molecular flexibility index (Phi) is 5.37. The molecule has 2 aromatic rings. The van der Waals surface area contributed by atoms with Crippen LogP contribution in [0.5, 0.6) is 5.75 Å². The Labute approximate surface area is 158 Å². The zero-order chi connectivity index (χ0) is 18.7. The Morgan fingerprint density at radius 1 is 1.08 bits per heavy atom. The number of nitrogens with zero attached hydrogens (tertiary/aromatic N) is 1. The fraction of sp³-hybridized carbons (Fsp3) is 0.211. The van der Waals surface area contributed by atoms with E-state index < -0.39 is 17.9 Å². The van der Waals surface area contributed by atoms with Crippen LogP contribution in [0.2, 0.25) is 0 Å². The van der Waals surface area contributed by atoms with Gasteiger partial charge in [0, 0.05) is 23.1 Å². The lowest BCUT2D eigenvalue weighted by Crippen LogP contribution is -2.27. The number of hydrogen-bond donors (Lipinski definition) is 0. The monoisotopic (exact) mass is 417 g/mol. The van der Waals surface area contributed by atoms with Gasteiger partial charge in [-0.15, -0.1) is 0 Å². The third kappa shape index (κ3) is 3.94. The first kappa shape index (κ1) is 18.1. The second-order valence-corrected chi connectivity index (χ2v) is 6.73. The van der Waals surface area contributed by atoms with Crippen molar-refractivity contribution in [2.24, 2.45) is 5.92 Å².